The van der Waals surface area contributed by atoms with E-state index >= 15 is 0 Å². The van der Waals surface area contributed by atoms with Crippen molar-refractivity contribution >= 4 is 27.5 Å². The molecule has 1 amide bonds. The Morgan fingerprint density at radius 1 is 1.12 bits per heavy atom. The lowest BCUT2D eigenvalue weighted by molar-refractivity contribution is -0.123. The molecule has 0 fully saturated rings. The second kappa shape index (κ2) is 7.74. The van der Waals surface area contributed by atoms with E-state index in [1.165, 1.54) is 15.5 Å². The van der Waals surface area contributed by atoms with E-state index in [4.69, 9.17) is 4.74 Å². The van der Waals surface area contributed by atoms with Crippen LogP contribution in [0, 0.1) is 0 Å². The number of fused-ring (bicyclic) bond motifs is 1. The molecule has 1 atom stereocenters. The smallest absolute Gasteiger partial charge is 0.269 e. The molecule has 0 aliphatic rings. The molecule has 0 saturated heterocycles. The number of carbonyl (C=O) groups is 1. The molecule has 26 heavy (non-hydrogen) atoms. The van der Waals surface area contributed by atoms with Gasteiger partial charge in [0.25, 0.3) is 5.56 Å². The fourth-order valence-electron chi connectivity index (χ4n) is 2.65. The summed E-state index contributed by atoms with van der Waals surface area (Å²) in [5.74, 6) is 0.626. The number of hydrogen-bond donors (Lipinski definition) is 1. The van der Waals surface area contributed by atoms with Crippen LogP contribution in [-0.4, -0.2) is 16.0 Å². The number of nitrogens with one attached hydrogen (secondary N) is 1. The molecular formula is C20H22N2O3S. The Labute approximate surface area is 156 Å². The number of hydrogen-bond acceptors (Lipinski definition) is 4. The van der Waals surface area contributed by atoms with Gasteiger partial charge in [-0.15, -0.1) is 0 Å². The van der Waals surface area contributed by atoms with Crippen molar-refractivity contribution < 1.29 is 9.53 Å². The molecule has 6 heteroatoms. The highest BCUT2D eigenvalue weighted by Crippen LogP contribution is 2.20. The van der Waals surface area contributed by atoms with Crippen LogP contribution in [0.3, 0.4) is 0 Å². The van der Waals surface area contributed by atoms with E-state index < -0.39 is 6.04 Å². The first-order chi connectivity index (χ1) is 12.5. The summed E-state index contributed by atoms with van der Waals surface area (Å²) in [6, 6.07) is 14.5. The maximum atomic E-state index is 12.5. The number of carbonyl (C=O) groups excluding carboxylic acids is 1. The van der Waals surface area contributed by atoms with E-state index in [9.17, 15) is 9.59 Å². The third-order valence-corrected chi connectivity index (χ3v) is 5.24. The topological polar surface area (TPSA) is 60.3 Å². The summed E-state index contributed by atoms with van der Waals surface area (Å²) < 4.78 is 8.02. The molecule has 3 aromatic rings. The van der Waals surface area contributed by atoms with Crippen molar-refractivity contribution in [2.24, 2.45) is 0 Å². The predicted molar refractivity (Wildman–Crippen MR) is 105 cm³/mol. The van der Waals surface area contributed by atoms with E-state index in [2.05, 4.69) is 5.32 Å². The minimum atomic E-state index is -0.552. The van der Waals surface area contributed by atoms with Crippen molar-refractivity contribution in [3.05, 3.63) is 64.4 Å². The zero-order valence-electron chi connectivity index (χ0n) is 15.1. The molecule has 5 nitrogen and oxygen atoms in total. The van der Waals surface area contributed by atoms with Gasteiger partial charge in [0.2, 0.25) is 5.91 Å². The average molecular weight is 370 g/mol. The van der Waals surface area contributed by atoms with Crippen LogP contribution in [0.15, 0.2) is 53.3 Å². The van der Waals surface area contributed by atoms with Gasteiger partial charge in [0, 0.05) is 6.54 Å². The molecule has 136 valence electrons. The molecule has 1 heterocycles. The van der Waals surface area contributed by atoms with Crippen molar-refractivity contribution in [1.29, 1.82) is 0 Å². The zero-order chi connectivity index (χ0) is 18.7. The third-order valence-electron chi connectivity index (χ3n) is 4.01. The fourth-order valence-corrected chi connectivity index (χ4v) is 3.69. The molecule has 1 aromatic heterocycles. The normalized spacial score (nSPS) is 12.3. The minimum absolute atomic E-state index is 0.122. The standard InChI is InChI=1S/C20H22N2O3S/c1-13(2)25-16-10-8-15(9-11-16)12-21-19(23)14(3)22-20(24)17-6-4-5-7-18(17)26-22/h4-11,13-14H,12H2,1-3H3,(H,21,23)/t14-/m0/s1. The second-order valence-electron chi connectivity index (χ2n) is 6.42. The summed E-state index contributed by atoms with van der Waals surface area (Å²) in [4.78, 5) is 24.9. The second-order valence-corrected chi connectivity index (χ2v) is 7.44. The van der Waals surface area contributed by atoms with Gasteiger partial charge >= 0.3 is 0 Å². The summed E-state index contributed by atoms with van der Waals surface area (Å²) in [5, 5.41) is 3.55. The van der Waals surface area contributed by atoms with Crippen molar-refractivity contribution in [2.45, 2.75) is 39.5 Å². The number of nitrogens with zero attached hydrogens (tertiary/aromatic N) is 1. The van der Waals surface area contributed by atoms with Crippen molar-refractivity contribution in [2.75, 3.05) is 0 Å². The molecule has 0 aliphatic heterocycles. The first-order valence-corrected chi connectivity index (χ1v) is 9.37. The van der Waals surface area contributed by atoms with Gasteiger partial charge in [-0.05, 0) is 50.6 Å². The maximum absolute atomic E-state index is 12.5. The Kier molecular flexibility index (Phi) is 5.42. The lowest BCUT2D eigenvalue weighted by Gasteiger charge is -2.13. The first-order valence-electron chi connectivity index (χ1n) is 8.59. The van der Waals surface area contributed by atoms with Gasteiger partial charge in [0.1, 0.15) is 11.8 Å². The summed E-state index contributed by atoms with van der Waals surface area (Å²) in [6.45, 7) is 6.10. The van der Waals surface area contributed by atoms with Gasteiger partial charge in [-0.2, -0.15) is 0 Å². The SMILES string of the molecule is CC(C)Oc1ccc(CNC(=O)[C@H](C)n2sc3ccccc3c2=O)cc1. The van der Waals surface area contributed by atoms with Crippen molar-refractivity contribution in [3.8, 4) is 5.75 Å². The lowest BCUT2D eigenvalue weighted by Crippen LogP contribution is -2.33. The van der Waals surface area contributed by atoms with E-state index in [1.54, 1.807) is 13.0 Å². The summed E-state index contributed by atoms with van der Waals surface area (Å²) >= 11 is 1.32. The largest absolute Gasteiger partial charge is 0.491 e. The van der Waals surface area contributed by atoms with Crippen LogP contribution in [0.4, 0.5) is 0 Å². The number of aromatic nitrogens is 1. The van der Waals surface area contributed by atoms with Gasteiger partial charge in [-0.25, -0.2) is 0 Å². The van der Waals surface area contributed by atoms with Crippen LogP contribution < -0.4 is 15.6 Å². The van der Waals surface area contributed by atoms with Crippen LogP contribution in [0.1, 0.15) is 32.4 Å². The predicted octanol–water partition coefficient (Wildman–Crippen LogP) is 3.73. The van der Waals surface area contributed by atoms with Gasteiger partial charge in [-0.1, -0.05) is 35.8 Å². The van der Waals surface area contributed by atoms with Crippen LogP contribution in [0.2, 0.25) is 0 Å². The van der Waals surface area contributed by atoms with Gasteiger partial charge in [0.05, 0.1) is 16.2 Å². The molecule has 2 aromatic carbocycles. The highest BCUT2D eigenvalue weighted by atomic mass is 32.1. The molecule has 0 saturated carbocycles. The third kappa shape index (κ3) is 3.96. The average Bonchev–Trinajstić information content (AvgIpc) is 2.97. The molecule has 0 aliphatic carbocycles. The fraction of sp³-hybridized carbons (Fsp3) is 0.300. The molecule has 0 radical (unpaired) electrons. The zero-order valence-corrected chi connectivity index (χ0v) is 15.9. The molecule has 3 rings (SSSR count). The Bertz CT molecular complexity index is 957. The van der Waals surface area contributed by atoms with Crippen LogP contribution in [0.25, 0.3) is 10.1 Å². The number of ether oxygens (including phenoxy) is 1. The summed E-state index contributed by atoms with van der Waals surface area (Å²) in [6.07, 6.45) is 0.126. The summed E-state index contributed by atoms with van der Waals surface area (Å²) in [7, 11) is 0. The lowest BCUT2D eigenvalue weighted by atomic mass is 10.2. The maximum Gasteiger partial charge on any atom is 0.269 e. The van der Waals surface area contributed by atoms with E-state index in [-0.39, 0.29) is 17.6 Å². The first kappa shape index (κ1) is 18.2. The Morgan fingerprint density at radius 3 is 2.46 bits per heavy atom. The number of rotatable bonds is 6. The minimum Gasteiger partial charge on any atom is -0.491 e. The Balaban J connectivity index is 1.65. The highest BCUT2D eigenvalue weighted by Gasteiger charge is 2.19. The highest BCUT2D eigenvalue weighted by molar-refractivity contribution is 7.14. The molecule has 1 N–H and O–H groups in total. The monoisotopic (exact) mass is 370 g/mol. The van der Waals surface area contributed by atoms with Crippen molar-refractivity contribution in [1.82, 2.24) is 9.27 Å². The number of amides is 1. The van der Waals surface area contributed by atoms with Crippen molar-refractivity contribution in [3.63, 3.8) is 0 Å². The van der Waals surface area contributed by atoms with Gasteiger partial charge < -0.3 is 10.1 Å². The molecule has 0 spiro atoms. The molecule has 0 bridgehead atoms. The quantitative estimate of drug-likeness (QED) is 0.719. The van der Waals surface area contributed by atoms with Crippen LogP contribution in [0.5, 0.6) is 5.75 Å². The molecular weight excluding hydrogens is 348 g/mol. The Morgan fingerprint density at radius 2 is 1.81 bits per heavy atom. The van der Waals surface area contributed by atoms with Crippen LogP contribution in [-0.2, 0) is 11.3 Å². The Hall–Kier alpha value is -2.60. The van der Waals surface area contributed by atoms with Gasteiger partial charge in [0.15, 0.2) is 0 Å². The van der Waals surface area contributed by atoms with E-state index in [0.29, 0.717) is 11.9 Å². The van der Waals surface area contributed by atoms with Crippen LogP contribution >= 0.6 is 11.5 Å². The molecule has 0 unspecified atom stereocenters. The number of benzene rings is 2. The van der Waals surface area contributed by atoms with E-state index in [1.807, 2.05) is 56.3 Å². The summed E-state index contributed by atoms with van der Waals surface area (Å²) in [5.41, 5.74) is 0.855. The van der Waals surface area contributed by atoms with Gasteiger partial charge in [-0.3, -0.25) is 13.5 Å². The van der Waals surface area contributed by atoms with E-state index in [0.717, 1.165) is 16.0 Å².